The first-order valence-electron chi connectivity index (χ1n) is 6.89. The molecule has 0 spiro atoms. The van der Waals surface area contributed by atoms with Gasteiger partial charge in [-0.15, -0.1) is 11.3 Å². The number of ether oxygens (including phenoxy) is 1. The molecule has 2 aromatic rings. The average Bonchev–Trinajstić information content (AvgIpc) is 3.06. The fourth-order valence-corrected chi connectivity index (χ4v) is 3.00. The maximum absolute atomic E-state index is 5.34. The lowest BCUT2D eigenvalue weighted by atomic mass is 10.0. The zero-order valence-corrected chi connectivity index (χ0v) is 13.4. The summed E-state index contributed by atoms with van der Waals surface area (Å²) < 4.78 is 7.42. The largest absolute Gasteiger partial charge is 0.383 e. The Morgan fingerprint density at radius 3 is 2.75 bits per heavy atom. The van der Waals surface area contributed by atoms with Gasteiger partial charge in [0.1, 0.15) is 11.9 Å². The van der Waals surface area contributed by atoms with Crippen LogP contribution in [0.1, 0.15) is 30.6 Å². The van der Waals surface area contributed by atoms with Crippen LogP contribution in [0.2, 0.25) is 0 Å². The van der Waals surface area contributed by atoms with Gasteiger partial charge >= 0.3 is 0 Å². The Labute approximate surface area is 124 Å². The number of aryl methyl sites for hydroxylation is 1. The number of imidazole rings is 1. The molecule has 2 rings (SSSR count). The van der Waals surface area contributed by atoms with E-state index >= 15 is 0 Å². The van der Waals surface area contributed by atoms with Crippen LogP contribution in [0.25, 0.3) is 0 Å². The Morgan fingerprint density at radius 1 is 1.45 bits per heavy atom. The van der Waals surface area contributed by atoms with Crippen molar-refractivity contribution >= 4 is 11.3 Å². The molecule has 0 saturated heterocycles. The number of nitrogens with zero attached hydrogens (tertiary/aromatic N) is 2. The van der Waals surface area contributed by atoms with Crippen molar-refractivity contribution < 1.29 is 4.74 Å². The smallest absolute Gasteiger partial charge is 0.131 e. The highest BCUT2D eigenvalue weighted by Crippen LogP contribution is 2.26. The van der Waals surface area contributed by atoms with Crippen LogP contribution < -0.4 is 5.32 Å². The van der Waals surface area contributed by atoms with Gasteiger partial charge in [0.25, 0.3) is 0 Å². The van der Waals surface area contributed by atoms with E-state index in [1.807, 2.05) is 19.4 Å². The molecule has 0 aliphatic carbocycles. The van der Waals surface area contributed by atoms with Crippen LogP contribution in [0, 0.1) is 5.92 Å². The molecule has 0 fully saturated rings. The van der Waals surface area contributed by atoms with Gasteiger partial charge in [-0.2, -0.15) is 0 Å². The van der Waals surface area contributed by atoms with E-state index in [0.717, 1.165) is 5.82 Å². The van der Waals surface area contributed by atoms with Crippen LogP contribution >= 0.6 is 11.3 Å². The molecule has 110 valence electrons. The van der Waals surface area contributed by atoms with Gasteiger partial charge in [-0.3, -0.25) is 5.32 Å². The highest BCUT2D eigenvalue weighted by atomic mass is 32.1. The molecule has 5 heteroatoms. The van der Waals surface area contributed by atoms with Crippen LogP contribution in [0.5, 0.6) is 0 Å². The molecular weight excluding hydrogens is 270 g/mol. The van der Waals surface area contributed by atoms with Crippen molar-refractivity contribution in [1.82, 2.24) is 14.9 Å². The maximum Gasteiger partial charge on any atom is 0.131 e. The van der Waals surface area contributed by atoms with E-state index in [2.05, 4.69) is 46.2 Å². The number of thiophene rings is 1. The zero-order chi connectivity index (χ0) is 14.5. The summed E-state index contributed by atoms with van der Waals surface area (Å²) in [5, 5.41) is 5.81. The topological polar surface area (TPSA) is 39.1 Å². The van der Waals surface area contributed by atoms with E-state index in [4.69, 9.17) is 4.74 Å². The second-order valence-electron chi connectivity index (χ2n) is 5.32. The molecule has 2 aromatic heterocycles. The Kier molecular flexibility index (Phi) is 5.34. The molecule has 4 nitrogen and oxygen atoms in total. The number of nitrogens with one attached hydrogen (secondary N) is 1. The zero-order valence-electron chi connectivity index (χ0n) is 12.5. The van der Waals surface area contributed by atoms with E-state index in [1.165, 1.54) is 4.88 Å². The SMILES string of the molecule is COCC(NC(c1cccs1)c1nccn1C)C(C)C. The summed E-state index contributed by atoms with van der Waals surface area (Å²) in [5.41, 5.74) is 0. The normalized spacial score (nSPS) is 14.7. The molecule has 0 saturated carbocycles. The van der Waals surface area contributed by atoms with E-state index in [1.54, 1.807) is 18.4 Å². The summed E-state index contributed by atoms with van der Waals surface area (Å²) in [4.78, 5) is 5.79. The fraction of sp³-hybridized carbons (Fsp3) is 0.533. The lowest BCUT2D eigenvalue weighted by Crippen LogP contribution is -2.41. The minimum absolute atomic E-state index is 0.109. The van der Waals surface area contributed by atoms with Crippen molar-refractivity contribution in [3.8, 4) is 0 Å². The molecule has 2 atom stereocenters. The summed E-state index contributed by atoms with van der Waals surface area (Å²) in [6, 6.07) is 4.64. The molecular formula is C15H23N3OS. The summed E-state index contributed by atoms with van der Waals surface area (Å²) in [5.74, 6) is 1.53. The molecule has 20 heavy (non-hydrogen) atoms. The lowest BCUT2D eigenvalue weighted by Gasteiger charge is -2.27. The quantitative estimate of drug-likeness (QED) is 0.853. The number of methoxy groups -OCH3 is 1. The van der Waals surface area contributed by atoms with E-state index in [9.17, 15) is 0 Å². The first kappa shape index (κ1) is 15.2. The summed E-state index contributed by atoms with van der Waals surface area (Å²) >= 11 is 1.75. The maximum atomic E-state index is 5.34. The average molecular weight is 293 g/mol. The van der Waals surface area contributed by atoms with Crippen LogP contribution in [-0.2, 0) is 11.8 Å². The van der Waals surface area contributed by atoms with Crippen LogP contribution in [0.4, 0.5) is 0 Å². The van der Waals surface area contributed by atoms with Gasteiger partial charge in [-0.1, -0.05) is 19.9 Å². The van der Waals surface area contributed by atoms with Crippen molar-refractivity contribution in [1.29, 1.82) is 0 Å². The van der Waals surface area contributed by atoms with Gasteiger partial charge in [-0.05, 0) is 17.4 Å². The van der Waals surface area contributed by atoms with Crippen molar-refractivity contribution in [3.63, 3.8) is 0 Å². The number of rotatable bonds is 7. The van der Waals surface area contributed by atoms with E-state index in [-0.39, 0.29) is 6.04 Å². The van der Waals surface area contributed by atoms with Gasteiger partial charge in [0.05, 0.1) is 6.61 Å². The summed E-state index contributed by atoms with van der Waals surface area (Å²) in [7, 11) is 3.78. The summed E-state index contributed by atoms with van der Waals surface area (Å²) in [6.07, 6.45) is 3.83. The van der Waals surface area contributed by atoms with E-state index < -0.39 is 0 Å². The minimum Gasteiger partial charge on any atom is -0.383 e. The number of aromatic nitrogens is 2. The predicted molar refractivity (Wildman–Crippen MR) is 83.0 cm³/mol. The van der Waals surface area contributed by atoms with Crippen molar-refractivity contribution in [2.24, 2.45) is 13.0 Å². The Bertz CT molecular complexity index is 507. The monoisotopic (exact) mass is 293 g/mol. The van der Waals surface area contributed by atoms with Gasteiger partial charge < -0.3 is 9.30 Å². The molecule has 2 heterocycles. The first-order valence-corrected chi connectivity index (χ1v) is 7.77. The Hall–Kier alpha value is -1.17. The van der Waals surface area contributed by atoms with Crippen LogP contribution in [-0.4, -0.2) is 29.3 Å². The third kappa shape index (κ3) is 3.48. The van der Waals surface area contributed by atoms with Gasteiger partial charge in [0, 0.05) is 37.5 Å². The molecule has 0 aromatic carbocycles. The third-order valence-electron chi connectivity index (χ3n) is 3.48. The Morgan fingerprint density at radius 2 is 2.25 bits per heavy atom. The molecule has 0 aliphatic heterocycles. The molecule has 0 bridgehead atoms. The van der Waals surface area contributed by atoms with Gasteiger partial charge in [0.2, 0.25) is 0 Å². The lowest BCUT2D eigenvalue weighted by molar-refractivity contribution is 0.142. The standard InChI is InChI=1S/C15H23N3OS/c1-11(2)12(10-19-4)17-14(13-6-5-9-20-13)15-16-7-8-18(15)3/h5-9,11-12,14,17H,10H2,1-4H3. The Balaban J connectivity index is 2.26. The minimum atomic E-state index is 0.109. The molecule has 2 unspecified atom stereocenters. The third-order valence-corrected chi connectivity index (χ3v) is 4.41. The molecule has 0 aliphatic rings. The van der Waals surface area contributed by atoms with Crippen molar-refractivity contribution in [2.45, 2.75) is 25.9 Å². The van der Waals surface area contributed by atoms with Crippen molar-refractivity contribution in [3.05, 3.63) is 40.6 Å². The predicted octanol–water partition coefficient (Wildman–Crippen LogP) is 2.83. The van der Waals surface area contributed by atoms with Gasteiger partial charge in [0.15, 0.2) is 0 Å². The van der Waals surface area contributed by atoms with Crippen LogP contribution in [0.15, 0.2) is 29.9 Å². The van der Waals surface area contributed by atoms with Crippen molar-refractivity contribution in [2.75, 3.05) is 13.7 Å². The second-order valence-corrected chi connectivity index (χ2v) is 6.30. The second kappa shape index (κ2) is 7.02. The van der Waals surface area contributed by atoms with E-state index in [0.29, 0.717) is 18.6 Å². The highest BCUT2D eigenvalue weighted by Gasteiger charge is 2.24. The highest BCUT2D eigenvalue weighted by molar-refractivity contribution is 7.10. The fourth-order valence-electron chi connectivity index (χ4n) is 2.22. The number of hydrogen-bond donors (Lipinski definition) is 1. The van der Waals surface area contributed by atoms with Gasteiger partial charge in [-0.25, -0.2) is 4.98 Å². The molecule has 0 radical (unpaired) electrons. The number of hydrogen-bond acceptors (Lipinski definition) is 4. The molecule has 0 amide bonds. The molecule has 1 N–H and O–H groups in total. The van der Waals surface area contributed by atoms with Crippen LogP contribution in [0.3, 0.4) is 0 Å². The summed E-state index contributed by atoms with van der Waals surface area (Å²) in [6.45, 7) is 5.12. The first-order chi connectivity index (χ1) is 9.63.